The molecule has 0 unspecified atom stereocenters. The van der Waals surface area contributed by atoms with Gasteiger partial charge in [-0.1, -0.05) is 6.07 Å². The van der Waals surface area contributed by atoms with Crippen LogP contribution in [0.25, 0.3) is 0 Å². The van der Waals surface area contributed by atoms with Crippen LogP contribution in [0.1, 0.15) is 5.56 Å². The highest BCUT2D eigenvalue weighted by atomic mass is 16.5. The molecular formula is C17H23N5O3. The number of nitrogens with zero attached hydrogens (tertiary/aromatic N) is 4. The molecule has 1 aromatic heterocycles. The molecule has 1 aliphatic rings. The molecular weight excluding hydrogens is 322 g/mol. The Hall–Kier alpha value is -2.61. The van der Waals surface area contributed by atoms with Crippen molar-refractivity contribution in [2.75, 3.05) is 57.3 Å². The summed E-state index contributed by atoms with van der Waals surface area (Å²) < 4.78 is 15.9. The van der Waals surface area contributed by atoms with Gasteiger partial charge in [0.1, 0.15) is 0 Å². The molecule has 2 aromatic rings. The number of aromatic nitrogens is 3. The zero-order valence-electron chi connectivity index (χ0n) is 14.6. The van der Waals surface area contributed by atoms with Gasteiger partial charge >= 0.3 is 0 Å². The van der Waals surface area contributed by atoms with E-state index in [1.165, 1.54) is 0 Å². The van der Waals surface area contributed by atoms with Crippen molar-refractivity contribution in [3.8, 4) is 11.5 Å². The first-order valence-electron chi connectivity index (χ1n) is 8.27. The SMILES string of the molecule is COc1ccc(CCNc2cnnc(N3CCOCC3)n2)cc1OC. The number of hydrogen-bond acceptors (Lipinski definition) is 8. The van der Waals surface area contributed by atoms with Crippen LogP contribution in [0, 0.1) is 0 Å². The lowest BCUT2D eigenvalue weighted by atomic mass is 10.1. The molecule has 0 spiro atoms. The van der Waals surface area contributed by atoms with Crippen molar-refractivity contribution in [1.82, 2.24) is 15.2 Å². The number of methoxy groups -OCH3 is 2. The van der Waals surface area contributed by atoms with Crippen LogP contribution in [0.3, 0.4) is 0 Å². The Morgan fingerprint density at radius 3 is 2.72 bits per heavy atom. The van der Waals surface area contributed by atoms with Gasteiger partial charge in [-0.25, -0.2) is 0 Å². The summed E-state index contributed by atoms with van der Waals surface area (Å²) in [7, 11) is 3.27. The number of rotatable bonds is 7. The lowest BCUT2D eigenvalue weighted by Crippen LogP contribution is -2.37. The summed E-state index contributed by atoms with van der Waals surface area (Å²) in [6.45, 7) is 3.70. The molecule has 8 heteroatoms. The molecule has 0 atom stereocenters. The van der Waals surface area contributed by atoms with Crippen molar-refractivity contribution in [3.05, 3.63) is 30.0 Å². The van der Waals surface area contributed by atoms with Gasteiger partial charge in [0.25, 0.3) is 0 Å². The van der Waals surface area contributed by atoms with Gasteiger partial charge in [-0.3, -0.25) is 0 Å². The second kappa shape index (κ2) is 8.48. The first-order chi connectivity index (χ1) is 12.3. The average molecular weight is 345 g/mol. The largest absolute Gasteiger partial charge is 0.493 e. The van der Waals surface area contributed by atoms with Gasteiger partial charge in [0.05, 0.1) is 33.6 Å². The maximum Gasteiger partial charge on any atom is 0.247 e. The second-order valence-corrected chi connectivity index (χ2v) is 5.61. The van der Waals surface area contributed by atoms with Crippen LogP contribution >= 0.6 is 0 Å². The summed E-state index contributed by atoms with van der Waals surface area (Å²) in [5.41, 5.74) is 1.15. The molecule has 1 saturated heterocycles. The summed E-state index contributed by atoms with van der Waals surface area (Å²) in [6, 6.07) is 5.93. The smallest absolute Gasteiger partial charge is 0.247 e. The molecule has 1 fully saturated rings. The van der Waals surface area contributed by atoms with Crippen LogP contribution in [0.5, 0.6) is 11.5 Å². The van der Waals surface area contributed by atoms with E-state index < -0.39 is 0 Å². The van der Waals surface area contributed by atoms with E-state index in [0.717, 1.165) is 48.9 Å². The predicted octanol–water partition coefficient (Wildman–Crippen LogP) is 1.38. The quantitative estimate of drug-likeness (QED) is 0.806. The summed E-state index contributed by atoms with van der Waals surface area (Å²) in [4.78, 5) is 6.61. The molecule has 1 aliphatic heterocycles. The molecule has 1 N–H and O–H groups in total. The average Bonchev–Trinajstić information content (AvgIpc) is 2.69. The zero-order chi connectivity index (χ0) is 17.5. The van der Waals surface area contributed by atoms with Gasteiger partial charge < -0.3 is 24.4 Å². The van der Waals surface area contributed by atoms with Crippen molar-refractivity contribution in [2.24, 2.45) is 0 Å². The number of nitrogens with one attached hydrogen (secondary N) is 1. The molecule has 0 bridgehead atoms. The molecule has 0 radical (unpaired) electrons. The van der Waals surface area contributed by atoms with E-state index in [9.17, 15) is 0 Å². The molecule has 25 heavy (non-hydrogen) atoms. The van der Waals surface area contributed by atoms with Crippen molar-refractivity contribution >= 4 is 11.8 Å². The number of hydrogen-bond donors (Lipinski definition) is 1. The predicted molar refractivity (Wildman–Crippen MR) is 94.6 cm³/mol. The highest BCUT2D eigenvalue weighted by molar-refractivity contribution is 5.43. The Morgan fingerprint density at radius 2 is 1.96 bits per heavy atom. The monoisotopic (exact) mass is 345 g/mol. The van der Waals surface area contributed by atoms with Crippen LogP contribution < -0.4 is 19.7 Å². The summed E-state index contributed by atoms with van der Waals surface area (Å²) in [5, 5.41) is 11.4. The summed E-state index contributed by atoms with van der Waals surface area (Å²) in [5.74, 6) is 2.82. The molecule has 3 rings (SSSR count). The lowest BCUT2D eigenvalue weighted by molar-refractivity contribution is 0.122. The van der Waals surface area contributed by atoms with Crippen molar-refractivity contribution in [3.63, 3.8) is 0 Å². The van der Waals surface area contributed by atoms with Crippen molar-refractivity contribution < 1.29 is 14.2 Å². The highest BCUT2D eigenvalue weighted by Crippen LogP contribution is 2.27. The molecule has 134 valence electrons. The Bertz CT molecular complexity index is 692. The van der Waals surface area contributed by atoms with Crippen molar-refractivity contribution in [1.29, 1.82) is 0 Å². The van der Waals surface area contributed by atoms with Gasteiger partial charge in [0.2, 0.25) is 5.95 Å². The van der Waals surface area contributed by atoms with Crippen LogP contribution in [0.4, 0.5) is 11.8 Å². The minimum Gasteiger partial charge on any atom is -0.493 e. The molecule has 2 heterocycles. The lowest BCUT2D eigenvalue weighted by Gasteiger charge is -2.26. The Labute approximate surface area is 147 Å². The number of benzene rings is 1. The normalized spacial score (nSPS) is 14.2. The molecule has 0 amide bonds. The number of ether oxygens (including phenoxy) is 3. The van der Waals surface area contributed by atoms with Crippen LogP contribution in [0.15, 0.2) is 24.4 Å². The fourth-order valence-corrected chi connectivity index (χ4v) is 2.65. The van der Waals surface area contributed by atoms with Crippen LogP contribution in [-0.2, 0) is 11.2 Å². The molecule has 0 saturated carbocycles. The van der Waals surface area contributed by atoms with E-state index in [-0.39, 0.29) is 0 Å². The van der Waals surface area contributed by atoms with Crippen LogP contribution in [0.2, 0.25) is 0 Å². The van der Waals surface area contributed by atoms with E-state index in [4.69, 9.17) is 14.2 Å². The summed E-state index contributed by atoms with van der Waals surface area (Å²) >= 11 is 0. The Kier molecular flexibility index (Phi) is 5.84. The maximum absolute atomic E-state index is 5.35. The Morgan fingerprint density at radius 1 is 1.16 bits per heavy atom. The van der Waals surface area contributed by atoms with Gasteiger partial charge in [-0.15, -0.1) is 5.10 Å². The van der Waals surface area contributed by atoms with E-state index >= 15 is 0 Å². The maximum atomic E-state index is 5.35. The van der Waals surface area contributed by atoms with Gasteiger partial charge in [0.15, 0.2) is 17.3 Å². The molecule has 0 aliphatic carbocycles. The van der Waals surface area contributed by atoms with E-state index in [2.05, 4.69) is 25.4 Å². The van der Waals surface area contributed by atoms with Gasteiger partial charge in [-0.2, -0.15) is 10.1 Å². The first kappa shape index (κ1) is 17.2. The van der Waals surface area contributed by atoms with Crippen LogP contribution in [-0.4, -0.2) is 62.2 Å². The summed E-state index contributed by atoms with van der Waals surface area (Å²) in [6.07, 6.45) is 2.47. The zero-order valence-corrected chi connectivity index (χ0v) is 14.6. The minimum absolute atomic E-state index is 0.638. The molecule has 8 nitrogen and oxygen atoms in total. The number of morpholine rings is 1. The first-order valence-corrected chi connectivity index (χ1v) is 8.27. The van der Waals surface area contributed by atoms with E-state index in [1.54, 1.807) is 20.4 Å². The molecule has 1 aromatic carbocycles. The van der Waals surface area contributed by atoms with Gasteiger partial charge in [-0.05, 0) is 24.1 Å². The minimum atomic E-state index is 0.638. The third kappa shape index (κ3) is 4.48. The standard InChI is InChI=1S/C17H23N5O3/c1-23-14-4-3-13(11-15(14)24-2)5-6-18-16-12-19-21-17(20-16)22-7-9-25-10-8-22/h3-4,11-12H,5-10H2,1-2H3,(H,18,20,21). The Balaban J connectivity index is 1.57. The topological polar surface area (TPSA) is 81.6 Å². The third-order valence-electron chi connectivity index (χ3n) is 4.01. The fraction of sp³-hybridized carbons (Fsp3) is 0.471. The second-order valence-electron chi connectivity index (χ2n) is 5.61. The number of anilines is 2. The fourth-order valence-electron chi connectivity index (χ4n) is 2.65. The highest BCUT2D eigenvalue weighted by Gasteiger charge is 2.14. The van der Waals surface area contributed by atoms with E-state index in [1.807, 2.05) is 18.2 Å². The third-order valence-corrected chi connectivity index (χ3v) is 4.01. The van der Waals surface area contributed by atoms with Crippen molar-refractivity contribution in [2.45, 2.75) is 6.42 Å². The van der Waals surface area contributed by atoms with Gasteiger partial charge in [0, 0.05) is 19.6 Å². The van der Waals surface area contributed by atoms with E-state index in [0.29, 0.717) is 19.2 Å².